The van der Waals surface area contributed by atoms with E-state index in [0.717, 1.165) is 17.9 Å². The third-order valence-electron chi connectivity index (χ3n) is 3.22. The molecule has 0 fully saturated rings. The molecule has 1 heterocycles. The fraction of sp³-hybridized carbons (Fsp3) is 0.176. The second-order valence-corrected chi connectivity index (χ2v) is 6.02. The van der Waals surface area contributed by atoms with E-state index in [1.807, 2.05) is 0 Å². The molecule has 0 spiro atoms. The highest BCUT2D eigenvalue weighted by Gasteiger charge is 2.13. The zero-order valence-corrected chi connectivity index (χ0v) is 13.1. The van der Waals surface area contributed by atoms with Crippen molar-refractivity contribution >= 4 is 22.8 Å². The number of carbonyl (C=O) groups is 1. The number of rotatable bonds is 4. The predicted octanol–water partition coefficient (Wildman–Crippen LogP) is 3.24. The molecule has 23 heavy (non-hydrogen) atoms. The van der Waals surface area contributed by atoms with Crippen LogP contribution in [0.1, 0.15) is 15.9 Å². The second kappa shape index (κ2) is 7.28. The molecule has 4 nitrogen and oxygen atoms in total. The fourth-order valence-electron chi connectivity index (χ4n) is 2.05. The molecule has 0 saturated heterocycles. The number of amides is 1. The predicted molar refractivity (Wildman–Crippen MR) is 89.4 cm³/mol. The van der Waals surface area contributed by atoms with E-state index in [1.165, 1.54) is 23.9 Å². The van der Waals surface area contributed by atoms with Crippen LogP contribution in [-0.4, -0.2) is 23.4 Å². The average molecular weight is 330 g/mol. The summed E-state index contributed by atoms with van der Waals surface area (Å²) in [5.74, 6) is 1.00. The van der Waals surface area contributed by atoms with Crippen LogP contribution in [0.15, 0.2) is 53.5 Å². The molecule has 0 bridgehead atoms. The van der Waals surface area contributed by atoms with Crippen molar-refractivity contribution in [3.05, 3.63) is 65.5 Å². The van der Waals surface area contributed by atoms with E-state index in [2.05, 4.69) is 10.3 Å². The lowest BCUT2D eigenvalue weighted by molar-refractivity contribution is 0.0977. The highest BCUT2D eigenvalue weighted by molar-refractivity contribution is 8.14. The Hall–Kier alpha value is -2.34. The summed E-state index contributed by atoms with van der Waals surface area (Å²) < 4.78 is 18.5. The van der Waals surface area contributed by atoms with Crippen LogP contribution in [0.4, 0.5) is 4.39 Å². The average Bonchev–Trinajstić information content (AvgIpc) is 3.07. The minimum Gasteiger partial charge on any atom is -0.489 e. The summed E-state index contributed by atoms with van der Waals surface area (Å²) in [6, 6.07) is 13.1. The molecule has 2 aromatic rings. The first-order valence-corrected chi connectivity index (χ1v) is 8.15. The van der Waals surface area contributed by atoms with Gasteiger partial charge in [0.25, 0.3) is 5.91 Å². The van der Waals surface area contributed by atoms with Crippen LogP contribution in [0, 0.1) is 5.82 Å². The summed E-state index contributed by atoms with van der Waals surface area (Å²) in [7, 11) is 0. The lowest BCUT2D eigenvalue weighted by Gasteiger charge is -2.08. The molecule has 1 N–H and O–H groups in total. The highest BCUT2D eigenvalue weighted by Crippen LogP contribution is 2.16. The van der Waals surface area contributed by atoms with E-state index in [1.54, 1.807) is 36.4 Å². The van der Waals surface area contributed by atoms with Crippen LogP contribution in [0.25, 0.3) is 0 Å². The Kier molecular flexibility index (Phi) is 4.92. The van der Waals surface area contributed by atoms with Gasteiger partial charge in [-0.3, -0.25) is 9.79 Å². The Morgan fingerprint density at radius 2 is 2.09 bits per heavy atom. The number of carbonyl (C=O) groups excluding carboxylic acids is 1. The highest BCUT2D eigenvalue weighted by atomic mass is 32.2. The van der Waals surface area contributed by atoms with E-state index in [9.17, 15) is 9.18 Å². The molecule has 0 saturated carbocycles. The number of nitrogens with zero attached hydrogens (tertiary/aromatic N) is 1. The van der Waals surface area contributed by atoms with Gasteiger partial charge in [0, 0.05) is 11.3 Å². The number of thioether (sulfide) groups is 1. The molecule has 1 aliphatic rings. The third-order valence-corrected chi connectivity index (χ3v) is 4.11. The Morgan fingerprint density at radius 3 is 2.83 bits per heavy atom. The second-order valence-electron chi connectivity index (χ2n) is 4.93. The molecule has 6 heteroatoms. The van der Waals surface area contributed by atoms with Crippen LogP contribution in [0.3, 0.4) is 0 Å². The SMILES string of the molecule is O=C(NC1=NCCS1)c1cccc(OCc2ccc(F)cc2)c1. The molecule has 1 aliphatic heterocycles. The van der Waals surface area contributed by atoms with Crippen molar-refractivity contribution in [1.82, 2.24) is 5.32 Å². The largest absolute Gasteiger partial charge is 0.489 e. The summed E-state index contributed by atoms with van der Waals surface area (Å²) in [5.41, 5.74) is 1.37. The number of hydrogen-bond acceptors (Lipinski definition) is 4. The fourth-order valence-corrected chi connectivity index (χ4v) is 2.78. The topological polar surface area (TPSA) is 50.7 Å². The van der Waals surface area contributed by atoms with Crippen LogP contribution >= 0.6 is 11.8 Å². The number of amidine groups is 1. The zero-order chi connectivity index (χ0) is 16.1. The van der Waals surface area contributed by atoms with Gasteiger partial charge in [0.05, 0.1) is 6.54 Å². The van der Waals surface area contributed by atoms with E-state index >= 15 is 0 Å². The molecular formula is C17H15FN2O2S. The molecule has 0 radical (unpaired) electrons. The maximum atomic E-state index is 12.9. The van der Waals surface area contributed by atoms with Crippen molar-refractivity contribution in [2.45, 2.75) is 6.61 Å². The molecule has 118 valence electrons. The van der Waals surface area contributed by atoms with Gasteiger partial charge in [-0.05, 0) is 35.9 Å². The minimum atomic E-state index is -0.278. The summed E-state index contributed by atoms with van der Waals surface area (Å²) in [6.45, 7) is 1.05. The first-order valence-electron chi connectivity index (χ1n) is 7.16. The van der Waals surface area contributed by atoms with Gasteiger partial charge in [0.15, 0.2) is 5.17 Å². The molecule has 2 aromatic carbocycles. The van der Waals surface area contributed by atoms with E-state index in [-0.39, 0.29) is 11.7 Å². The maximum absolute atomic E-state index is 12.9. The number of hydrogen-bond donors (Lipinski definition) is 1. The van der Waals surface area contributed by atoms with E-state index in [4.69, 9.17) is 4.74 Å². The van der Waals surface area contributed by atoms with Crippen molar-refractivity contribution in [3.8, 4) is 5.75 Å². The first kappa shape index (κ1) is 15.6. The molecule has 0 aromatic heterocycles. The first-order chi connectivity index (χ1) is 11.2. The summed E-state index contributed by atoms with van der Waals surface area (Å²) in [4.78, 5) is 16.4. The number of aliphatic imine (C=N–C) groups is 1. The Labute approximate surface area is 137 Å². The van der Waals surface area contributed by atoms with Gasteiger partial charge in [-0.1, -0.05) is 30.0 Å². The number of benzene rings is 2. The maximum Gasteiger partial charge on any atom is 0.257 e. The zero-order valence-electron chi connectivity index (χ0n) is 12.3. The molecule has 0 atom stereocenters. The lowest BCUT2D eigenvalue weighted by atomic mass is 10.2. The Balaban J connectivity index is 1.62. The van der Waals surface area contributed by atoms with Crippen molar-refractivity contribution in [2.24, 2.45) is 4.99 Å². The molecular weight excluding hydrogens is 315 g/mol. The van der Waals surface area contributed by atoms with Gasteiger partial charge in [0.2, 0.25) is 0 Å². The van der Waals surface area contributed by atoms with Gasteiger partial charge in [0.1, 0.15) is 18.2 Å². The van der Waals surface area contributed by atoms with Crippen molar-refractivity contribution in [1.29, 1.82) is 0 Å². The van der Waals surface area contributed by atoms with Crippen LogP contribution < -0.4 is 10.1 Å². The number of halogens is 1. The van der Waals surface area contributed by atoms with Crippen LogP contribution in [-0.2, 0) is 6.61 Å². The quantitative estimate of drug-likeness (QED) is 0.936. The van der Waals surface area contributed by atoms with Gasteiger partial charge in [-0.15, -0.1) is 0 Å². The Bertz CT molecular complexity index is 732. The van der Waals surface area contributed by atoms with Crippen molar-refractivity contribution < 1.29 is 13.9 Å². The van der Waals surface area contributed by atoms with Crippen LogP contribution in [0.5, 0.6) is 5.75 Å². The smallest absolute Gasteiger partial charge is 0.257 e. The lowest BCUT2D eigenvalue weighted by Crippen LogP contribution is -2.27. The molecule has 3 rings (SSSR count). The molecule has 0 unspecified atom stereocenters. The van der Waals surface area contributed by atoms with Crippen molar-refractivity contribution in [2.75, 3.05) is 12.3 Å². The standard InChI is InChI=1S/C17H15FN2O2S/c18-14-6-4-12(5-7-14)11-22-15-3-1-2-13(10-15)16(21)20-17-19-8-9-23-17/h1-7,10H,8-9,11H2,(H,19,20,21). The molecule has 0 aliphatic carbocycles. The van der Waals surface area contributed by atoms with E-state index in [0.29, 0.717) is 23.1 Å². The van der Waals surface area contributed by atoms with Gasteiger partial charge < -0.3 is 10.1 Å². The minimum absolute atomic E-state index is 0.203. The summed E-state index contributed by atoms with van der Waals surface area (Å²) in [6.07, 6.45) is 0. The third kappa shape index (κ3) is 4.32. The van der Waals surface area contributed by atoms with Gasteiger partial charge in [-0.25, -0.2) is 4.39 Å². The van der Waals surface area contributed by atoms with Crippen molar-refractivity contribution in [3.63, 3.8) is 0 Å². The summed E-state index contributed by atoms with van der Waals surface area (Å²) in [5, 5.41) is 3.44. The molecule has 1 amide bonds. The van der Waals surface area contributed by atoms with Crippen LogP contribution in [0.2, 0.25) is 0 Å². The monoisotopic (exact) mass is 330 g/mol. The Morgan fingerprint density at radius 1 is 1.26 bits per heavy atom. The van der Waals surface area contributed by atoms with Gasteiger partial charge in [-0.2, -0.15) is 0 Å². The number of nitrogens with one attached hydrogen (secondary N) is 1. The van der Waals surface area contributed by atoms with E-state index < -0.39 is 0 Å². The van der Waals surface area contributed by atoms with Gasteiger partial charge >= 0.3 is 0 Å². The summed E-state index contributed by atoms with van der Waals surface area (Å²) >= 11 is 1.53. The normalized spacial score (nSPS) is 13.5. The number of ether oxygens (including phenoxy) is 1.